The average Bonchev–Trinajstić information content (AvgIpc) is 3.05. The number of amides is 2. The van der Waals surface area contributed by atoms with Gasteiger partial charge in [-0.15, -0.1) is 0 Å². The Morgan fingerprint density at radius 3 is 2.92 bits per heavy atom. The van der Waals surface area contributed by atoms with Crippen LogP contribution in [0, 0.1) is 11.8 Å². The summed E-state index contributed by atoms with van der Waals surface area (Å²) >= 11 is 5.85. The van der Waals surface area contributed by atoms with Crippen LogP contribution < -0.4 is 24.8 Å². The van der Waals surface area contributed by atoms with E-state index in [4.69, 9.17) is 25.8 Å². The number of fused-ring (bicyclic) bond motifs is 1. The van der Waals surface area contributed by atoms with E-state index in [0.717, 1.165) is 0 Å². The number of halogens is 1. The Morgan fingerprint density at radius 2 is 2.04 bits per heavy atom. The molecule has 0 aromatic heterocycles. The Kier molecular flexibility index (Phi) is 5.50. The van der Waals surface area contributed by atoms with Gasteiger partial charge >= 0.3 is 6.03 Å². The first-order valence-electron chi connectivity index (χ1n) is 7.49. The van der Waals surface area contributed by atoms with Crippen molar-refractivity contribution in [1.82, 2.24) is 5.32 Å². The summed E-state index contributed by atoms with van der Waals surface area (Å²) in [5.74, 6) is 7.63. The number of anilines is 1. The van der Waals surface area contributed by atoms with Gasteiger partial charge in [0.25, 0.3) is 0 Å². The molecule has 0 fully saturated rings. The summed E-state index contributed by atoms with van der Waals surface area (Å²) in [5.41, 5.74) is 0.615. The Labute approximate surface area is 150 Å². The zero-order valence-corrected chi connectivity index (χ0v) is 13.9. The SMILES string of the molecule is O=C(NCC#CCOc1ccc2c(c1)OCO2)Nc1cccc(Cl)c1. The molecule has 0 bridgehead atoms. The van der Waals surface area contributed by atoms with Crippen LogP contribution in [-0.2, 0) is 0 Å². The van der Waals surface area contributed by atoms with Crippen LogP contribution in [0.15, 0.2) is 42.5 Å². The second kappa shape index (κ2) is 8.18. The second-order valence-electron chi connectivity index (χ2n) is 4.98. The molecule has 2 N–H and O–H groups in total. The summed E-state index contributed by atoms with van der Waals surface area (Å²) in [4.78, 5) is 11.7. The van der Waals surface area contributed by atoms with Gasteiger partial charge in [0.05, 0.1) is 6.54 Å². The summed E-state index contributed by atoms with van der Waals surface area (Å²) in [6, 6.07) is 11.9. The zero-order valence-electron chi connectivity index (χ0n) is 13.2. The number of nitrogens with one attached hydrogen (secondary N) is 2. The van der Waals surface area contributed by atoms with Gasteiger partial charge in [-0.3, -0.25) is 0 Å². The minimum absolute atomic E-state index is 0.205. The summed E-state index contributed by atoms with van der Waals surface area (Å²) in [6.45, 7) is 0.635. The Morgan fingerprint density at radius 1 is 1.16 bits per heavy atom. The minimum atomic E-state index is -0.353. The van der Waals surface area contributed by atoms with Crippen molar-refractivity contribution < 1.29 is 19.0 Å². The molecular formula is C18H15ClN2O4. The standard InChI is InChI=1S/C18H15ClN2O4/c19-13-4-3-5-14(10-13)21-18(22)20-8-1-2-9-23-15-6-7-16-17(11-15)25-12-24-16/h3-7,10-11H,8-9,12H2,(H2,20,21,22). The molecule has 0 aliphatic carbocycles. The predicted octanol–water partition coefficient (Wildman–Crippen LogP) is 3.27. The van der Waals surface area contributed by atoms with E-state index in [1.54, 1.807) is 42.5 Å². The highest BCUT2D eigenvalue weighted by Gasteiger charge is 2.13. The van der Waals surface area contributed by atoms with Gasteiger partial charge < -0.3 is 24.8 Å². The molecule has 1 aliphatic heterocycles. The van der Waals surface area contributed by atoms with Gasteiger partial charge in [0.15, 0.2) is 11.5 Å². The molecular weight excluding hydrogens is 344 g/mol. The first kappa shape index (κ1) is 16.8. The largest absolute Gasteiger partial charge is 0.481 e. The smallest absolute Gasteiger partial charge is 0.319 e. The van der Waals surface area contributed by atoms with E-state index in [2.05, 4.69) is 22.5 Å². The van der Waals surface area contributed by atoms with E-state index in [1.807, 2.05) is 0 Å². The molecule has 0 spiro atoms. The number of rotatable bonds is 4. The van der Waals surface area contributed by atoms with Crippen molar-refractivity contribution in [1.29, 1.82) is 0 Å². The van der Waals surface area contributed by atoms with Gasteiger partial charge in [0.2, 0.25) is 6.79 Å². The Hall–Kier alpha value is -3.04. The number of hydrogen-bond donors (Lipinski definition) is 2. The van der Waals surface area contributed by atoms with Crippen molar-refractivity contribution in [2.45, 2.75) is 0 Å². The van der Waals surface area contributed by atoms with Gasteiger partial charge in [-0.1, -0.05) is 29.5 Å². The lowest BCUT2D eigenvalue weighted by Crippen LogP contribution is -2.28. The van der Waals surface area contributed by atoms with Gasteiger partial charge in [0, 0.05) is 16.8 Å². The highest BCUT2D eigenvalue weighted by atomic mass is 35.5. The molecule has 3 rings (SSSR count). The number of ether oxygens (including phenoxy) is 3. The maximum absolute atomic E-state index is 11.7. The molecule has 2 aromatic carbocycles. The van der Waals surface area contributed by atoms with Crippen molar-refractivity contribution in [2.75, 3.05) is 25.3 Å². The number of carbonyl (C=O) groups excluding carboxylic acids is 1. The number of urea groups is 1. The van der Waals surface area contributed by atoms with Crippen LogP contribution in [0.4, 0.5) is 10.5 Å². The van der Waals surface area contributed by atoms with Gasteiger partial charge in [-0.25, -0.2) is 4.79 Å². The first-order valence-corrected chi connectivity index (χ1v) is 7.87. The normalized spacial score (nSPS) is 11.2. The highest BCUT2D eigenvalue weighted by molar-refractivity contribution is 6.30. The quantitative estimate of drug-likeness (QED) is 0.823. The fourth-order valence-corrected chi connectivity index (χ4v) is 2.26. The topological polar surface area (TPSA) is 68.8 Å². The van der Waals surface area contributed by atoms with Crippen molar-refractivity contribution in [3.8, 4) is 29.1 Å². The van der Waals surface area contributed by atoms with Crippen molar-refractivity contribution in [3.63, 3.8) is 0 Å². The van der Waals surface area contributed by atoms with Crippen LogP contribution in [0.2, 0.25) is 5.02 Å². The summed E-state index contributed by atoms with van der Waals surface area (Å²) in [6.07, 6.45) is 0. The monoisotopic (exact) mass is 358 g/mol. The van der Waals surface area contributed by atoms with E-state index in [1.165, 1.54) is 0 Å². The van der Waals surface area contributed by atoms with E-state index in [-0.39, 0.29) is 26.0 Å². The molecule has 2 amide bonds. The molecule has 7 heteroatoms. The maximum atomic E-state index is 11.7. The van der Waals surface area contributed by atoms with E-state index in [9.17, 15) is 4.79 Å². The molecule has 6 nitrogen and oxygen atoms in total. The van der Waals surface area contributed by atoms with Gasteiger partial charge in [-0.05, 0) is 30.3 Å². The van der Waals surface area contributed by atoms with E-state index < -0.39 is 0 Å². The van der Waals surface area contributed by atoms with Crippen molar-refractivity contribution in [2.24, 2.45) is 0 Å². The second-order valence-corrected chi connectivity index (χ2v) is 5.41. The van der Waals surface area contributed by atoms with Crippen LogP contribution in [0.25, 0.3) is 0 Å². The van der Waals surface area contributed by atoms with E-state index >= 15 is 0 Å². The van der Waals surface area contributed by atoms with Crippen LogP contribution in [0.3, 0.4) is 0 Å². The third-order valence-electron chi connectivity index (χ3n) is 3.20. The highest BCUT2D eigenvalue weighted by Crippen LogP contribution is 2.34. The molecule has 0 saturated heterocycles. The van der Waals surface area contributed by atoms with Gasteiger partial charge in [-0.2, -0.15) is 0 Å². The van der Waals surface area contributed by atoms with Gasteiger partial charge in [0.1, 0.15) is 12.4 Å². The average molecular weight is 359 g/mol. The third kappa shape index (κ3) is 4.96. The lowest BCUT2D eigenvalue weighted by atomic mass is 10.3. The fraction of sp³-hybridized carbons (Fsp3) is 0.167. The number of benzene rings is 2. The summed E-state index contributed by atoms with van der Waals surface area (Å²) in [7, 11) is 0. The fourth-order valence-electron chi connectivity index (χ4n) is 2.07. The predicted molar refractivity (Wildman–Crippen MR) is 94.3 cm³/mol. The zero-order chi connectivity index (χ0) is 17.5. The van der Waals surface area contributed by atoms with Crippen molar-refractivity contribution in [3.05, 3.63) is 47.5 Å². The molecule has 0 atom stereocenters. The van der Waals surface area contributed by atoms with Crippen LogP contribution in [0.1, 0.15) is 0 Å². The molecule has 1 aliphatic rings. The Balaban J connectivity index is 1.37. The Bertz CT molecular complexity index is 829. The van der Waals surface area contributed by atoms with E-state index in [0.29, 0.717) is 28.0 Å². The molecule has 128 valence electrons. The summed E-state index contributed by atoms with van der Waals surface area (Å²) < 4.78 is 16.0. The molecule has 0 radical (unpaired) electrons. The lowest BCUT2D eigenvalue weighted by Gasteiger charge is -2.05. The third-order valence-corrected chi connectivity index (χ3v) is 3.43. The van der Waals surface area contributed by atoms with Crippen LogP contribution in [-0.4, -0.2) is 26.0 Å². The van der Waals surface area contributed by atoms with Crippen LogP contribution >= 0.6 is 11.6 Å². The maximum Gasteiger partial charge on any atom is 0.319 e. The molecule has 0 saturated carbocycles. The molecule has 25 heavy (non-hydrogen) atoms. The lowest BCUT2D eigenvalue weighted by molar-refractivity contribution is 0.174. The minimum Gasteiger partial charge on any atom is -0.481 e. The van der Waals surface area contributed by atoms with Crippen molar-refractivity contribution >= 4 is 23.3 Å². The molecule has 0 unspecified atom stereocenters. The summed E-state index contributed by atoms with van der Waals surface area (Å²) in [5, 5.41) is 5.84. The van der Waals surface area contributed by atoms with Crippen LogP contribution in [0.5, 0.6) is 17.2 Å². The molecule has 2 aromatic rings. The number of carbonyl (C=O) groups is 1. The number of hydrogen-bond acceptors (Lipinski definition) is 4. The first-order chi connectivity index (χ1) is 12.2. The molecule has 1 heterocycles.